The Hall–Kier alpha value is -0.830. The van der Waals surface area contributed by atoms with Gasteiger partial charge >= 0.3 is 0 Å². The van der Waals surface area contributed by atoms with Gasteiger partial charge in [0.1, 0.15) is 5.75 Å². The predicted molar refractivity (Wildman–Crippen MR) is 55.4 cm³/mol. The van der Waals surface area contributed by atoms with Crippen LogP contribution in [0.5, 0.6) is 5.75 Å². The second-order valence-electron chi connectivity index (χ2n) is 2.81. The smallest absolute Gasteiger partial charge is 0.163 e. The Labute approximate surface area is 86.0 Å². The standard InChI is InChI=1S/C10H11BrO2/c1-6-8(11)4-5-9(13-3)10(6)7(2)12/h4-5H,1-3H3. The summed E-state index contributed by atoms with van der Waals surface area (Å²) in [4.78, 5) is 11.3. The second kappa shape index (κ2) is 3.92. The number of benzene rings is 1. The topological polar surface area (TPSA) is 26.3 Å². The average Bonchev–Trinajstić information content (AvgIpc) is 2.08. The molecule has 0 heterocycles. The van der Waals surface area contributed by atoms with Gasteiger partial charge in [0.2, 0.25) is 0 Å². The fourth-order valence-electron chi connectivity index (χ4n) is 1.27. The summed E-state index contributed by atoms with van der Waals surface area (Å²) < 4.78 is 6.03. The minimum absolute atomic E-state index is 0.0238. The Morgan fingerprint density at radius 1 is 1.46 bits per heavy atom. The molecule has 0 atom stereocenters. The van der Waals surface area contributed by atoms with E-state index >= 15 is 0 Å². The van der Waals surface area contributed by atoms with Crippen molar-refractivity contribution in [2.24, 2.45) is 0 Å². The molecule has 0 aliphatic carbocycles. The van der Waals surface area contributed by atoms with Crippen LogP contribution in [-0.2, 0) is 0 Å². The molecule has 0 aliphatic rings. The molecule has 1 rings (SSSR count). The molecule has 0 aromatic heterocycles. The zero-order valence-electron chi connectivity index (χ0n) is 7.85. The molecule has 0 aliphatic heterocycles. The number of carbonyl (C=O) groups is 1. The molecule has 0 fully saturated rings. The Kier molecular flexibility index (Phi) is 3.09. The summed E-state index contributed by atoms with van der Waals surface area (Å²) in [7, 11) is 1.56. The van der Waals surface area contributed by atoms with Crippen LogP contribution in [0.4, 0.5) is 0 Å². The number of halogens is 1. The van der Waals surface area contributed by atoms with Crippen LogP contribution in [0.3, 0.4) is 0 Å². The molecule has 70 valence electrons. The molecule has 0 spiro atoms. The van der Waals surface area contributed by atoms with E-state index in [1.165, 1.54) is 6.92 Å². The van der Waals surface area contributed by atoms with Gasteiger partial charge in [-0.15, -0.1) is 0 Å². The highest BCUT2D eigenvalue weighted by Crippen LogP contribution is 2.28. The van der Waals surface area contributed by atoms with E-state index in [1.807, 2.05) is 13.0 Å². The minimum Gasteiger partial charge on any atom is -0.496 e. The Morgan fingerprint density at radius 2 is 2.08 bits per heavy atom. The number of carbonyl (C=O) groups excluding carboxylic acids is 1. The highest BCUT2D eigenvalue weighted by molar-refractivity contribution is 9.10. The van der Waals surface area contributed by atoms with Crippen molar-refractivity contribution in [2.45, 2.75) is 13.8 Å². The second-order valence-corrected chi connectivity index (χ2v) is 3.66. The number of ketones is 1. The lowest BCUT2D eigenvalue weighted by Gasteiger charge is -2.09. The lowest BCUT2D eigenvalue weighted by Crippen LogP contribution is -2.01. The van der Waals surface area contributed by atoms with E-state index in [-0.39, 0.29) is 5.78 Å². The van der Waals surface area contributed by atoms with E-state index in [4.69, 9.17) is 4.74 Å². The van der Waals surface area contributed by atoms with Crippen molar-refractivity contribution in [1.82, 2.24) is 0 Å². The molecule has 0 amide bonds. The summed E-state index contributed by atoms with van der Waals surface area (Å²) in [5.41, 5.74) is 1.57. The van der Waals surface area contributed by atoms with E-state index in [9.17, 15) is 4.79 Å². The minimum atomic E-state index is 0.0238. The van der Waals surface area contributed by atoms with Crippen LogP contribution in [0.25, 0.3) is 0 Å². The molecular weight excluding hydrogens is 232 g/mol. The summed E-state index contributed by atoms with van der Waals surface area (Å²) in [5, 5.41) is 0. The van der Waals surface area contributed by atoms with Gasteiger partial charge in [-0.05, 0) is 31.5 Å². The van der Waals surface area contributed by atoms with Gasteiger partial charge in [-0.2, -0.15) is 0 Å². The van der Waals surface area contributed by atoms with Gasteiger partial charge in [-0.25, -0.2) is 0 Å². The molecule has 2 nitrogen and oxygen atoms in total. The Bertz CT molecular complexity index is 345. The maximum atomic E-state index is 11.3. The lowest BCUT2D eigenvalue weighted by atomic mass is 10.0. The fourth-order valence-corrected chi connectivity index (χ4v) is 1.60. The molecule has 0 unspecified atom stereocenters. The van der Waals surface area contributed by atoms with E-state index in [0.29, 0.717) is 11.3 Å². The molecule has 0 radical (unpaired) electrons. The molecule has 0 saturated heterocycles. The normalized spacial score (nSPS) is 9.85. The highest BCUT2D eigenvalue weighted by Gasteiger charge is 2.12. The van der Waals surface area contributed by atoms with Gasteiger partial charge in [0.15, 0.2) is 5.78 Å². The van der Waals surface area contributed by atoms with Crippen molar-refractivity contribution in [3.05, 3.63) is 27.7 Å². The van der Waals surface area contributed by atoms with E-state index in [2.05, 4.69) is 15.9 Å². The number of ether oxygens (including phenoxy) is 1. The van der Waals surface area contributed by atoms with Crippen LogP contribution >= 0.6 is 15.9 Å². The molecule has 0 N–H and O–H groups in total. The van der Waals surface area contributed by atoms with Crippen molar-refractivity contribution < 1.29 is 9.53 Å². The van der Waals surface area contributed by atoms with Gasteiger partial charge in [0.05, 0.1) is 12.7 Å². The van der Waals surface area contributed by atoms with Crippen molar-refractivity contribution in [3.8, 4) is 5.75 Å². The monoisotopic (exact) mass is 242 g/mol. The van der Waals surface area contributed by atoms with Crippen LogP contribution in [0.15, 0.2) is 16.6 Å². The third-order valence-corrected chi connectivity index (χ3v) is 2.79. The molecular formula is C10H11BrO2. The van der Waals surface area contributed by atoms with Crippen LogP contribution in [0, 0.1) is 6.92 Å². The third-order valence-electron chi connectivity index (χ3n) is 1.93. The highest BCUT2D eigenvalue weighted by atomic mass is 79.9. The third kappa shape index (κ3) is 1.91. The molecule has 13 heavy (non-hydrogen) atoms. The van der Waals surface area contributed by atoms with Gasteiger partial charge in [-0.3, -0.25) is 4.79 Å². The van der Waals surface area contributed by atoms with Crippen LogP contribution in [0.1, 0.15) is 22.8 Å². The molecule has 3 heteroatoms. The maximum Gasteiger partial charge on any atom is 0.163 e. The Balaban J connectivity index is 3.41. The first-order chi connectivity index (χ1) is 6.07. The average molecular weight is 243 g/mol. The molecule has 1 aromatic rings. The number of hydrogen-bond donors (Lipinski definition) is 0. The van der Waals surface area contributed by atoms with E-state index in [0.717, 1.165) is 10.0 Å². The van der Waals surface area contributed by atoms with Crippen molar-refractivity contribution in [2.75, 3.05) is 7.11 Å². The van der Waals surface area contributed by atoms with Gasteiger partial charge < -0.3 is 4.74 Å². The van der Waals surface area contributed by atoms with Gasteiger partial charge in [0, 0.05) is 4.47 Å². The summed E-state index contributed by atoms with van der Waals surface area (Å²) in [6, 6.07) is 3.66. The zero-order chi connectivity index (χ0) is 10.0. The fraction of sp³-hybridized carbons (Fsp3) is 0.300. The van der Waals surface area contributed by atoms with Crippen molar-refractivity contribution in [3.63, 3.8) is 0 Å². The maximum absolute atomic E-state index is 11.3. The van der Waals surface area contributed by atoms with Crippen LogP contribution < -0.4 is 4.74 Å². The van der Waals surface area contributed by atoms with E-state index in [1.54, 1.807) is 13.2 Å². The predicted octanol–water partition coefficient (Wildman–Crippen LogP) is 2.97. The van der Waals surface area contributed by atoms with Crippen LogP contribution in [0.2, 0.25) is 0 Å². The summed E-state index contributed by atoms with van der Waals surface area (Å²) in [5.74, 6) is 0.656. The molecule has 0 bridgehead atoms. The largest absolute Gasteiger partial charge is 0.496 e. The van der Waals surface area contributed by atoms with Crippen molar-refractivity contribution >= 4 is 21.7 Å². The SMILES string of the molecule is COc1ccc(Br)c(C)c1C(C)=O. The summed E-state index contributed by atoms with van der Waals surface area (Å²) in [6.45, 7) is 3.43. The number of rotatable bonds is 2. The first-order valence-electron chi connectivity index (χ1n) is 3.92. The zero-order valence-corrected chi connectivity index (χ0v) is 9.44. The van der Waals surface area contributed by atoms with Crippen LogP contribution in [-0.4, -0.2) is 12.9 Å². The van der Waals surface area contributed by atoms with E-state index < -0.39 is 0 Å². The number of Topliss-reactive ketones (excluding diaryl/α,β-unsaturated/α-hetero) is 1. The number of methoxy groups -OCH3 is 1. The molecule has 0 saturated carbocycles. The first-order valence-corrected chi connectivity index (χ1v) is 4.71. The summed E-state index contributed by atoms with van der Waals surface area (Å²) >= 11 is 3.37. The lowest BCUT2D eigenvalue weighted by molar-refractivity contribution is 0.101. The molecule has 1 aromatic carbocycles. The van der Waals surface area contributed by atoms with Crippen molar-refractivity contribution in [1.29, 1.82) is 0 Å². The first kappa shape index (κ1) is 10.3. The number of hydrogen-bond acceptors (Lipinski definition) is 2. The van der Waals surface area contributed by atoms with Gasteiger partial charge in [-0.1, -0.05) is 15.9 Å². The quantitative estimate of drug-likeness (QED) is 0.746. The van der Waals surface area contributed by atoms with Gasteiger partial charge in [0.25, 0.3) is 0 Å². The Morgan fingerprint density at radius 3 is 2.54 bits per heavy atom. The summed E-state index contributed by atoms with van der Waals surface area (Å²) in [6.07, 6.45) is 0.